The van der Waals surface area contributed by atoms with E-state index in [2.05, 4.69) is 41.7 Å². The smallest absolute Gasteiger partial charge is 0.224 e. The number of guanidine groups is 1. The SMILES string of the molecule is CN=C(NCCNC(=O)Cc1cccc(F)c1)NC(C)C(C)C. The first kappa shape index (κ1) is 18.9. The predicted molar refractivity (Wildman–Crippen MR) is 91.9 cm³/mol. The Kier molecular flexibility index (Phi) is 8.08. The van der Waals surface area contributed by atoms with Crippen LogP contribution in [-0.4, -0.2) is 38.0 Å². The van der Waals surface area contributed by atoms with Crippen molar-refractivity contribution in [3.63, 3.8) is 0 Å². The monoisotopic (exact) mass is 322 g/mol. The second-order valence-electron chi connectivity index (χ2n) is 5.83. The number of nitrogens with zero attached hydrogens (tertiary/aromatic N) is 1. The molecule has 0 aromatic heterocycles. The Labute approximate surface area is 137 Å². The molecule has 1 rings (SSSR count). The summed E-state index contributed by atoms with van der Waals surface area (Å²) in [6.07, 6.45) is 0.176. The quantitative estimate of drug-likeness (QED) is 0.407. The maximum absolute atomic E-state index is 13.1. The molecule has 1 unspecified atom stereocenters. The Morgan fingerprint density at radius 3 is 2.52 bits per heavy atom. The highest BCUT2D eigenvalue weighted by Crippen LogP contribution is 2.03. The van der Waals surface area contributed by atoms with Crippen molar-refractivity contribution in [2.24, 2.45) is 10.9 Å². The van der Waals surface area contributed by atoms with Crippen molar-refractivity contribution in [2.45, 2.75) is 33.2 Å². The van der Waals surface area contributed by atoms with Crippen LogP contribution in [0.4, 0.5) is 4.39 Å². The van der Waals surface area contributed by atoms with Gasteiger partial charge in [0.15, 0.2) is 5.96 Å². The number of nitrogens with one attached hydrogen (secondary N) is 3. The first-order chi connectivity index (χ1) is 10.9. The van der Waals surface area contributed by atoms with Crippen molar-refractivity contribution < 1.29 is 9.18 Å². The molecular formula is C17H27FN4O. The molecular weight excluding hydrogens is 295 g/mol. The van der Waals surface area contributed by atoms with Gasteiger partial charge < -0.3 is 16.0 Å². The highest BCUT2D eigenvalue weighted by molar-refractivity contribution is 5.80. The Hall–Kier alpha value is -2.11. The van der Waals surface area contributed by atoms with Gasteiger partial charge in [0.05, 0.1) is 6.42 Å². The molecule has 0 aliphatic carbocycles. The van der Waals surface area contributed by atoms with Crippen molar-refractivity contribution in [1.29, 1.82) is 0 Å². The minimum Gasteiger partial charge on any atom is -0.355 e. The molecule has 1 atom stereocenters. The zero-order valence-electron chi connectivity index (χ0n) is 14.3. The maximum Gasteiger partial charge on any atom is 0.224 e. The Bertz CT molecular complexity index is 531. The normalized spacial score (nSPS) is 12.9. The molecule has 1 aromatic carbocycles. The van der Waals surface area contributed by atoms with E-state index in [1.807, 2.05) is 0 Å². The van der Waals surface area contributed by atoms with Gasteiger partial charge in [0.1, 0.15) is 5.82 Å². The van der Waals surface area contributed by atoms with Crippen molar-refractivity contribution in [2.75, 3.05) is 20.1 Å². The van der Waals surface area contributed by atoms with Gasteiger partial charge >= 0.3 is 0 Å². The number of aliphatic imine (C=N–C) groups is 1. The van der Waals surface area contributed by atoms with Crippen LogP contribution in [0.5, 0.6) is 0 Å². The third-order valence-electron chi connectivity index (χ3n) is 3.58. The number of rotatable bonds is 7. The van der Waals surface area contributed by atoms with Crippen LogP contribution in [0.2, 0.25) is 0 Å². The summed E-state index contributed by atoms with van der Waals surface area (Å²) >= 11 is 0. The molecule has 0 saturated heterocycles. The average Bonchev–Trinajstić information content (AvgIpc) is 2.49. The molecule has 23 heavy (non-hydrogen) atoms. The number of carbonyl (C=O) groups excluding carboxylic acids is 1. The molecule has 1 aromatic rings. The fourth-order valence-electron chi connectivity index (χ4n) is 1.85. The van der Waals surface area contributed by atoms with E-state index in [1.54, 1.807) is 19.2 Å². The summed E-state index contributed by atoms with van der Waals surface area (Å²) < 4.78 is 13.1. The van der Waals surface area contributed by atoms with Crippen LogP contribution in [0.1, 0.15) is 26.3 Å². The van der Waals surface area contributed by atoms with Crippen LogP contribution in [0, 0.1) is 11.7 Å². The molecule has 0 bridgehead atoms. The molecule has 0 aliphatic heterocycles. The number of hydrogen-bond donors (Lipinski definition) is 3. The summed E-state index contributed by atoms with van der Waals surface area (Å²) in [5.74, 6) is 0.757. The molecule has 0 spiro atoms. The molecule has 0 radical (unpaired) electrons. The molecule has 5 nitrogen and oxygen atoms in total. The third-order valence-corrected chi connectivity index (χ3v) is 3.58. The van der Waals surface area contributed by atoms with Crippen LogP contribution >= 0.6 is 0 Å². The summed E-state index contributed by atoms with van der Waals surface area (Å²) in [7, 11) is 1.71. The largest absolute Gasteiger partial charge is 0.355 e. The van der Waals surface area contributed by atoms with Gasteiger partial charge in [-0.3, -0.25) is 9.79 Å². The maximum atomic E-state index is 13.1. The van der Waals surface area contributed by atoms with Crippen molar-refractivity contribution in [1.82, 2.24) is 16.0 Å². The Balaban J connectivity index is 2.26. The third kappa shape index (κ3) is 7.63. The van der Waals surface area contributed by atoms with Crippen molar-refractivity contribution in [3.8, 4) is 0 Å². The lowest BCUT2D eigenvalue weighted by atomic mass is 10.1. The standard InChI is InChI=1S/C17H27FN4O/c1-12(2)13(3)22-17(19-4)21-9-8-20-16(23)11-14-6-5-7-15(18)10-14/h5-7,10,12-13H,8-9,11H2,1-4H3,(H,20,23)(H2,19,21,22). The number of amides is 1. The fourth-order valence-corrected chi connectivity index (χ4v) is 1.85. The van der Waals surface area contributed by atoms with E-state index >= 15 is 0 Å². The lowest BCUT2D eigenvalue weighted by Crippen LogP contribution is -2.46. The topological polar surface area (TPSA) is 65.5 Å². The minimum atomic E-state index is -0.328. The Morgan fingerprint density at radius 2 is 1.91 bits per heavy atom. The molecule has 0 heterocycles. The van der Waals surface area contributed by atoms with E-state index in [1.165, 1.54) is 12.1 Å². The van der Waals surface area contributed by atoms with Crippen LogP contribution in [-0.2, 0) is 11.2 Å². The van der Waals surface area contributed by atoms with E-state index < -0.39 is 0 Å². The van der Waals surface area contributed by atoms with Gasteiger partial charge in [-0.15, -0.1) is 0 Å². The second kappa shape index (κ2) is 9.82. The second-order valence-corrected chi connectivity index (χ2v) is 5.83. The number of carbonyl (C=O) groups is 1. The van der Waals surface area contributed by atoms with Crippen molar-refractivity contribution >= 4 is 11.9 Å². The predicted octanol–water partition coefficient (Wildman–Crippen LogP) is 1.69. The lowest BCUT2D eigenvalue weighted by molar-refractivity contribution is -0.120. The fraction of sp³-hybridized carbons (Fsp3) is 0.529. The summed E-state index contributed by atoms with van der Waals surface area (Å²) in [4.78, 5) is 15.9. The molecule has 128 valence electrons. The average molecular weight is 322 g/mol. The molecule has 6 heteroatoms. The highest BCUT2D eigenvalue weighted by Gasteiger charge is 2.08. The highest BCUT2D eigenvalue weighted by atomic mass is 19.1. The van der Waals surface area contributed by atoms with Gasteiger partial charge in [-0.05, 0) is 30.5 Å². The molecule has 0 fully saturated rings. The molecule has 0 aliphatic rings. The molecule has 1 amide bonds. The van der Waals surface area contributed by atoms with Gasteiger partial charge in [-0.2, -0.15) is 0 Å². The first-order valence-corrected chi connectivity index (χ1v) is 7.90. The van der Waals surface area contributed by atoms with Crippen LogP contribution in [0.3, 0.4) is 0 Å². The molecule has 0 saturated carbocycles. The lowest BCUT2D eigenvalue weighted by Gasteiger charge is -2.20. The van der Waals surface area contributed by atoms with Crippen LogP contribution in [0.15, 0.2) is 29.3 Å². The zero-order valence-corrected chi connectivity index (χ0v) is 14.3. The van der Waals surface area contributed by atoms with Crippen molar-refractivity contribution in [3.05, 3.63) is 35.6 Å². The van der Waals surface area contributed by atoms with E-state index in [9.17, 15) is 9.18 Å². The number of benzene rings is 1. The van der Waals surface area contributed by atoms with Gasteiger partial charge in [0.2, 0.25) is 5.91 Å². The summed E-state index contributed by atoms with van der Waals surface area (Å²) in [5.41, 5.74) is 0.665. The zero-order chi connectivity index (χ0) is 17.2. The first-order valence-electron chi connectivity index (χ1n) is 7.90. The van der Waals surface area contributed by atoms with Gasteiger partial charge in [-0.25, -0.2) is 4.39 Å². The Morgan fingerprint density at radius 1 is 1.22 bits per heavy atom. The minimum absolute atomic E-state index is 0.129. The number of hydrogen-bond acceptors (Lipinski definition) is 2. The van der Waals surface area contributed by atoms with Gasteiger partial charge in [-0.1, -0.05) is 26.0 Å². The van der Waals surface area contributed by atoms with Gasteiger partial charge in [0, 0.05) is 26.2 Å². The van der Waals surface area contributed by atoms with Crippen LogP contribution in [0.25, 0.3) is 0 Å². The van der Waals surface area contributed by atoms with Gasteiger partial charge in [0.25, 0.3) is 0 Å². The van der Waals surface area contributed by atoms with Crippen LogP contribution < -0.4 is 16.0 Å². The van der Waals surface area contributed by atoms with E-state index in [4.69, 9.17) is 0 Å². The summed E-state index contributed by atoms with van der Waals surface area (Å²) in [6.45, 7) is 7.41. The van der Waals surface area contributed by atoms with E-state index in [-0.39, 0.29) is 18.1 Å². The van der Waals surface area contributed by atoms with E-state index in [0.717, 1.165) is 0 Å². The summed E-state index contributed by atoms with van der Waals surface area (Å²) in [6, 6.07) is 6.38. The summed E-state index contributed by atoms with van der Waals surface area (Å²) in [5, 5.41) is 9.23. The number of halogens is 1. The molecule has 3 N–H and O–H groups in total. The van der Waals surface area contributed by atoms with E-state index in [0.29, 0.717) is 36.6 Å².